The molecule has 4 aliphatic rings. The first-order chi connectivity index (χ1) is 18.1. The summed E-state index contributed by atoms with van der Waals surface area (Å²) in [6.45, 7) is 4.09. The average Bonchev–Trinajstić information content (AvgIpc) is 3.36. The molecular weight excluding hydrogens is 466 g/mol. The van der Waals surface area contributed by atoms with Gasteiger partial charge in [0.25, 0.3) is 0 Å². The molecule has 0 unspecified atom stereocenters. The van der Waals surface area contributed by atoms with Gasteiger partial charge in [0, 0.05) is 42.6 Å². The summed E-state index contributed by atoms with van der Waals surface area (Å²) in [6.07, 6.45) is 11.2. The van der Waals surface area contributed by atoms with Crippen LogP contribution in [0, 0.1) is 11.8 Å². The zero-order chi connectivity index (χ0) is 25.5. The van der Waals surface area contributed by atoms with Gasteiger partial charge in [0.15, 0.2) is 11.5 Å². The topological polar surface area (TPSA) is 56.2 Å². The van der Waals surface area contributed by atoms with Crippen molar-refractivity contribution in [2.24, 2.45) is 11.8 Å². The van der Waals surface area contributed by atoms with Crippen molar-refractivity contribution in [2.75, 3.05) is 41.0 Å². The predicted molar refractivity (Wildman–Crippen MR) is 143 cm³/mol. The number of hydrogen-bond donors (Lipinski definition) is 0. The largest absolute Gasteiger partial charge is 0.493 e. The lowest BCUT2D eigenvalue weighted by atomic mass is 9.67. The molecule has 4 aliphatic heterocycles. The normalized spacial score (nSPS) is 28.6. The number of nitrogens with zero attached hydrogens (tertiary/aromatic N) is 3. The maximum absolute atomic E-state index is 13.8. The Kier molecular flexibility index (Phi) is 6.65. The fraction of sp³-hybridized carbons (Fsp3) is 0.567. The number of rotatable bonds is 6. The molecule has 0 radical (unpaired) electrons. The lowest BCUT2D eigenvalue weighted by molar-refractivity contribution is -0.145. The average molecular weight is 506 g/mol. The molecule has 4 saturated heterocycles. The van der Waals surface area contributed by atoms with E-state index >= 15 is 0 Å². The van der Waals surface area contributed by atoms with Gasteiger partial charge >= 0.3 is 0 Å². The summed E-state index contributed by atoms with van der Waals surface area (Å²) >= 11 is 0. The maximum Gasteiger partial charge on any atom is 0.250 e. The summed E-state index contributed by atoms with van der Waals surface area (Å²) in [5.41, 5.74) is 3.04. The third kappa shape index (κ3) is 4.31. The highest BCUT2D eigenvalue weighted by molar-refractivity contribution is 5.98. The number of methoxy groups -OCH3 is 3. The molecular formula is C30H39N3O4. The summed E-state index contributed by atoms with van der Waals surface area (Å²) in [6, 6.07) is 9.23. The van der Waals surface area contributed by atoms with Gasteiger partial charge in [-0.3, -0.25) is 9.69 Å². The molecule has 0 spiro atoms. The molecule has 1 amide bonds. The van der Waals surface area contributed by atoms with E-state index in [4.69, 9.17) is 14.2 Å². The zero-order valence-electron chi connectivity index (χ0n) is 22.3. The van der Waals surface area contributed by atoms with Gasteiger partial charge in [0.1, 0.15) is 0 Å². The molecule has 0 aliphatic carbocycles. The second-order valence-electron chi connectivity index (χ2n) is 11.1. The Labute approximate surface area is 220 Å². The molecule has 4 atom stereocenters. The highest BCUT2D eigenvalue weighted by Gasteiger charge is 2.51. The number of amides is 1. The van der Waals surface area contributed by atoms with Gasteiger partial charge < -0.3 is 23.7 Å². The molecule has 4 fully saturated rings. The van der Waals surface area contributed by atoms with E-state index in [1.165, 1.54) is 38.8 Å². The second kappa shape index (κ2) is 10.1. The van der Waals surface area contributed by atoms with Crippen LogP contribution < -0.4 is 14.2 Å². The number of ether oxygens (including phenoxy) is 3. The highest BCUT2D eigenvalue weighted by Crippen LogP contribution is 2.45. The van der Waals surface area contributed by atoms with E-state index < -0.39 is 0 Å². The van der Waals surface area contributed by atoms with Gasteiger partial charge in [-0.1, -0.05) is 0 Å². The van der Waals surface area contributed by atoms with Gasteiger partial charge in [-0.15, -0.1) is 0 Å². The van der Waals surface area contributed by atoms with Crippen LogP contribution in [0.15, 0.2) is 36.0 Å². The predicted octanol–water partition coefficient (Wildman–Crippen LogP) is 4.44. The van der Waals surface area contributed by atoms with Crippen LogP contribution in [0.2, 0.25) is 0 Å². The van der Waals surface area contributed by atoms with Crippen molar-refractivity contribution in [3.63, 3.8) is 0 Å². The monoisotopic (exact) mass is 505 g/mol. The number of hydrogen-bond acceptors (Lipinski definition) is 5. The number of piperidine rings is 4. The van der Waals surface area contributed by atoms with E-state index in [0.717, 1.165) is 36.2 Å². The lowest BCUT2D eigenvalue weighted by Gasteiger charge is -2.58. The fourth-order valence-corrected chi connectivity index (χ4v) is 7.63. The molecule has 5 heterocycles. The Morgan fingerprint density at radius 3 is 2.49 bits per heavy atom. The van der Waals surface area contributed by atoms with Crippen molar-refractivity contribution in [3.8, 4) is 17.2 Å². The van der Waals surface area contributed by atoms with Crippen molar-refractivity contribution in [3.05, 3.63) is 47.3 Å². The SMILES string of the molecule is COc1cc(Cn2cccc2/C=C2\CC[C@@H]3[C@H]4CCCN5CCC[C@@H](CN3C2=O)[C@@H]45)cc(OC)c1OC. The van der Waals surface area contributed by atoms with Crippen LogP contribution in [0.5, 0.6) is 17.2 Å². The van der Waals surface area contributed by atoms with Crippen LogP contribution in [0.4, 0.5) is 0 Å². The number of benzene rings is 1. The molecule has 37 heavy (non-hydrogen) atoms. The summed E-state index contributed by atoms with van der Waals surface area (Å²) in [5, 5.41) is 0. The molecule has 6 rings (SSSR count). The van der Waals surface area contributed by atoms with Gasteiger partial charge in [0.2, 0.25) is 11.7 Å². The van der Waals surface area contributed by atoms with Crippen LogP contribution in [-0.2, 0) is 11.3 Å². The van der Waals surface area contributed by atoms with Crippen molar-refractivity contribution in [1.82, 2.24) is 14.4 Å². The van der Waals surface area contributed by atoms with E-state index in [1.54, 1.807) is 21.3 Å². The van der Waals surface area contributed by atoms with Gasteiger partial charge in [0.05, 0.1) is 21.3 Å². The molecule has 0 saturated carbocycles. The van der Waals surface area contributed by atoms with Crippen molar-refractivity contribution >= 4 is 12.0 Å². The molecule has 0 bridgehead atoms. The maximum atomic E-state index is 13.8. The van der Waals surface area contributed by atoms with Gasteiger partial charge in [-0.05, 0) is 99.4 Å². The zero-order valence-corrected chi connectivity index (χ0v) is 22.3. The Balaban J connectivity index is 1.24. The first-order valence-electron chi connectivity index (χ1n) is 13.8. The van der Waals surface area contributed by atoms with Crippen molar-refractivity contribution in [1.29, 1.82) is 0 Å². The Hall–Kier alpha value is -2.93. The molecule has 2 aromatic rings. The molecule has 0 N–H and O–H groups in total. The Morgan fingerprint density at radius 2 is 1.76 bits per heavy atom. The Bertz CT molecular complexity index is 1160. The van der Waals surface area contributed by atoms with Crippen molar-refractivity contribution < 1.29 is 19.0 Å². The number of carbonyl (C=O) groups is 1. The van der Waals surface area contributed by atoms with Gasteiger partial charge in [-0.25, -0.2) is 0 Å². The van der Waals surface area contributed by atoms with Crippen LogP contribution in [0.1, 0.15) is 49.8 Å². The highest BCUT2D eigenvalue weighted by atomic mass is 16.5. The van der Waals surface area contributed by atoms with Crippen molar-refractivity contribution in [2.45, 2.75) is 57.2 Å². The fourth-order valence-electron chi connectivity index (χ4n) is 7.63. The molecule has 198 valence electrons. The smallest absolute Gasteiger partial charge is 0.250 e. The Morgan fingerprint density at radius 1 is 1.00 bits per heavy atom. The van der Waals surface area contributed by atoms with Crippen LogP contribution >= 0.6 is 0 Å². The summed E-state index contributed by atoms with van der Waals surface area (Å²) in [4.78, 5) is 18.8. The quantitative estimate of drug-likeness (QED) is 0.544. The minimum atomic E-state index is 0.262. The van der Waals surface area contributed by atoms with E-state index in [1.807, 2.05) is 18.2 Å². The molecule has 1 aromatic heterocycles. The first-order valence-corrected chi connectivity index (χ1v) is 13.8. The first kappa shape index (κ1) is 24.4. The standard InChI is InChI=1S/C30H39N3O4/c1-35-26-15-20(16-27(36-2)29(26)37-3)18-32-14-5-8-23(32)17-21-10-11-25-24-9-6-13-31-12-4-7-22(28(24)31)19-33(25)30(21)34/h5,8,14-17,22,24-25,28H,4,6-7,9-13,18-19H2,1-3H3/b21-17+/t22-,24+,25+,28-/m0/s1. The second-order valence-corrected chi connectivity index (χ2v) is 11.1. The van der Waals surface area contributed by atoms with Crippen LogP contribution in [-0.4, -0.2) is 73.3 Å². The number of fused-ring (bicyclic) bond motifs is 2. The molecule has 1 aromatic carbocycles. The minimum Gasteiger partial charge on any atom is -0.493 e. The van der Waals surface area contributed by atoms with E-state index in [2.05, 4.69) is 32.7 Å². The van der Waals surface area contributed by atoms with E-state index in [0.29, 0.717) is 47.7 Å². The summed E-state index contributed by atoms with van der Waals surface area (Å²) in [7, 11) is 4.88. The number of carbonyl (C=O) groups excluding carboxylic acids is 1. The summed E-state index contributed by atoms with van der Waals surface area (Å²) in [5.74, 6) is 3.44. The van der Waals surface area contributed by atoms with Crippen LogP contribution in [0.3, 0.4) is 0 Å². The molecule has 7 heteroatoms. The summed E-state index contributed by atoms with van der Waals surface area (Å²) < 4.78 is 18.7. The third-order valence-corrected chi connectivity index (χ3v) is 9.18. The third-order valence-electron chi connectivity index (χ3n) is 9.18. The van der Waals surface area contributed by atoms with Gasteiger partial charge in [-0.2, -0.15) is 0 Å². The minimum absolute atomic E-state index is 0.262. The van der Waals surface area contributed by atoms with E-state index in [-0.39, 0.29) is 5.91 Å². The van der Waals surface area contributed by atoms with E-state index in [9.17, 15) is 4.79 Å². The lowest BCUT2D eigenvalue weighted by Crippen LogP contribution is -2.66. The molecule has 7 nitrogen and oxygen atoms in total. The van der Waals surface area contributed by atoms with Crippen LogP contribution in [0.25, 0.3) is 6.08 Å². The number of aromatic nitrogens is 1.